The van der Waals surface area contributed by atoms with Crippen LogP contribution in [0.4, 0.5) is 10.1 Å². The summed E-state index contributed by atoms with van der Waals surface area (Å²) in [7, 11) is 1.39. The summed E-state index contributed by atoms with van der Waals surface area (Å²) in [6.45, 7) is 1.69. The summed E-state index contributed by atoms with van der Waals surface area (Å²) in [6, 6.07) is 9.28. The zero-order valence-electron chi connectivity index (χ0n) is 10.9. The minimum Gasteiger partial charge on any atom is -0.322 e. The molecule has 1 amide bonds. The Hall–Kier alpha value is -1.92. The zero-order valence-corrected chi connectivity index (χ0v) is 12.5. The van der Waals surface area contributed by atoms with Crippen molar-refractivity contribution < 1.29 is 17.6 Å². The molecule has 0 aliphatic heterocycles. The minimum atomic E-state index is -3.80. The van der Waals surface area contributed by atoms with Crippen molar-refractivity contribution >= 4 is 31.3 Å². The van der Waals surface area contributed by atoms with E-state index in [1.807, 2.05) is 0 Å². The molecule has 0 heterocycles. The van der Waals surface area contributed by atoms with Gasteiger partial charge in [-0.25, -0.2) is 12.8 Å². The first kappa shape index (κ1) is 15.5. The monoisotopic (exact) mass is 327 g/mol. The van der Waals surface area contributed by atoms with Crippen LogP contribution in [-0.2, 0) is 9.05 Å². The van der Waals surface area contributed by atoms with Crippen LogP contribution in [0.5, 0.6) is 0 Å². The standard InChI is InChI=1S/C14H11ClFNO3S/c1-9-2-3-10(16)8-13(9)14(18)17-11-4-6-12(7-5-11)21(15,19)20/h2-8H,1H3,(H,17,18). The minimum absolute atomic E-state index is 0.0656. The number of rotatable bonds is 3. The molecular weight excluding hydrogens is 317 g/mol. The van der Waals surface area contributed by atoms with E-state index in [0.717, 1.165) is 6.07 Å². The number of aryl methyl sites for hydroxylation is 1. The van der Waals surface area contributed by atoms with E-state index >= 15 is 0 Å². The van der Waals surface area contributed by atoms with E-state index in [1.165, 1.54) is 36.4 Å². The predicted molar refractivity (Wildman–Crippen MR) is 78.6 cm³/mol. The first-order valence-corrected chi connectivity index (χ1v) is 8.20. The van der Waals surface area contributed by atoms with Gasteiger partial charge in [-0.3, -0.25) is 4.79 Å². The second-order valence-corrected chi connectivity index (χ2v) is 6.94. The normalized spacial score (nSPS) is 11.2. The Morgan fingerprint density at radius 2 is 1.76 bits per heavy atom. The second kappa shape index (κ2) is 5.83. The lowest BCUT2D eigenvalue weighted by Crippen LogP contribution is -2.13. The van der Waals surface area contributed by atoms with Gasteiger partial charge >= 0.3 is 0 Å². The van der Waals surface area contributed by atoms with Gasteiger partial charge in [-0.1, -0.05) is 6.07 Å². The first-order valence-electron chi connectivity index (χ1n) is 5.89. The largest absolute Gasteiger partial charge is 0.322 e. The highest BCUT2D eigenvalue weighted by Crippen LogP contribution is 2.19. The second-order valence-electron chi connectivity index (χ2n) is 4.38. The van der Waals surface area contributed by atoms with Gasteiger partial charge in [0.05, 0.1) is 4.90 Å². The lowest BCUT2D eigenvalue weighted by atomic mass is 10.1. The average Bonchev–Trinajstić information content (AvgIpc) is 2.41. The third-order valence-electron chi connectivity index (χ3n) is 2.84. The summed E-state index contributed by atoms with van der Waals surface area (Å²) >= 11 is 0. The number of carbonyl (C=O) groups excluding carboxylic acids is 1. The smallest absolute Gasteiger partial charge is 0.261 e. The molecule has 1 N–H and O–H groups in total. The third kappa shape index (κ3) is 3.80. The van der Waals surface area contributed by atoms with Crippen LogP contribution in [0.1, 0.15) is 15.9 Å². The number of carbonyl (C=O) groups is 1. The maximum absolute atomic E-state index is 13.2. The summed E-state index contributed by atoms with van der Waals surface area (Å²) in [5.41, 5.74) is 1.23. The van der Waals surface area contributed by atoms with E-state index in [1.54, 1.807) is 6.92 Å². The fraction of sp³-hybridized carbons (Fsp3) is 0.0714. The van der Waals surface area contributed by atoms with Crippen LogP contribution >= 0.6 is 10.7 Å². The van der Waals surface area contributed by atoms with E-state index in [9.17, 15) is 17.6 Å². The maximum Gasteiger partial charge on any atom is 0.261 e. The van der Waals surface area contributed by atoms with Gasteiger partial charge in [0.2, 0.25) is 0 Å². The fourth-order valence-electron chi connectivity index (χ4n) is 1.74. The van der Waals surface area contributed by atoms with Gasteiger partial charge in [0.1, 0.15) is 5.82 Å². The molecule has 0 saturated heterocycles. The number of anilines is 1. The van der Waals surface area contributed by atoms with Gasteiger partial charge in [0.25, 0.3) is 15.0 Å². The molecule has 0 bridgehead atoms. The van der Waals surface area contributed by atoms with Crippen molar-refractivity contribution in [1.29, 1.82) is 0 Å². The van der Waals surface area contributed by atoms with Crippen molar-refractivity contribution in [2.75, 3.05) is 5.32 Å². The number of hydrogen-bond acceptors (Lipinski definition) is 3. The number of benzene rings is 2. The first-order chi connectivity index (χ1) is 9.77. The third-order valence-corrected chi connectivity index (χ3v) is 4.21. The van der Waals surface area contributed by atoms with E-state index in [-0.39, 0.29) is 10.5 Å². The summed E-state index contributed by atoms with van der Waals surface area (Å²) in [5.74, 6) is -0.984. The lowest BCUT2D eigenvalue weighted by molar-refractivity contribution is 0.102. The van der Waals surface area contributed by atoms with E-state index in [4.69, 9.17) is 10.7 Å². The number of nitrogens with one attached hydrogen (secondary N) is 1. The highest BCUT2D eigenvalue weighted by atomic mass is 35.7. The Morgan fingerprint density at radius 3 is 2.33 bits per heavy atom. The Labute approximate surface area is 126 Å². The Balaban J connectivity index is 2.22. The van der Waals surface area contributed by atoms with Crippen molar-refractivity contribution in [3.8, 4) is 0 Å². The molecule has 4 nitrogen and oxygen atoms in total. The number of hydrogen-bond donors (Lipinski definition) is 1. The van der Waals surface area contributed by atoms with Crippen molar-refractivity contribution in [3.63, 3.8) is 0 Å². The molecule has 0 aromatic heterocycles. The molecule has 110 valence electrons. The van der Waals surface area contributed by atoms with Crippen LogP contribution in [-0.4, -0.2) is 14.3 Å². The van der Waals surface area contributed by atoms with Crippen LogP contribution in [0.2, 0.25) is 0 Å². The van der Waals surface area contributed by atoms with Crippen LogP contribution in [0.3, 0.4) is 0 Å². The van der Waals surface area contributed by atoms with E-state index < -0.39 is 20.8 Å². The maximum atomic E-state index is 13.2. The molecule has 0 atom stereocenters. The summed E-state index contributed by atoms with van der Waals surface area (Å²) < 4.78 is 35.4. The number of halogens is 2. The molecule has 0 spiro atoms. The summed E-state index contributed by atoms with van der Waals surface area (Å²) in [4.78, 5) is 12.0. The fourth-order valence-corrected chi connectivity index (χ4v) is 2.51. The molecule has 2 aromatic rings. The van der Waals surface area contributed by atoms with Gasteiger partial charge in [-0.2, -0.15) is 0 Å². The van der Waals surface area contributed by atoms with Crippen molar-refractivity contribution in [2.24, 2.45) is 0 Å². The Morgan fingerprint density at radius 1 is 1.14 bits per heavy atom. The Kier molecular flexibility index (Phi) is 4.29. The van der Waals surface area contributed by atoms with Crippen LogP contribution in [0, 0.1) is 12.7 Å². The highest BCUT2D eigenvalue weighted by Gasteiger charge is 2.12. The molecule has 0 fully saturated rings. The van der Waals surface area contributed by atoms with Gasteiger partial charge in [-0.05, 0) is 48.9 Å². The molecule has 0 saturated carbocycles. The molecule has 7 heteroatoms. The highest BCUT2D eigenvalue weighted by molar-refractivity contribution is 8.13. The zero-order chi connectivity index (χ0) is 15.6. The quantitative estimate of drug-likeness (QED) is 0.880. The molecule has 0 aliphatic carbocycles. The van der Waals surface area contributed by atoms with Crippen molar-refractivity contribution in [3.05, 3.63) is 59.4 Å². The SMILES string of the molecule is Cc1ccc(F)cc1C(=O)Nc1ccc(S(=O)(=O)Cl)cc1. The molecule has 0 aliphatic rings. The molecular formula is C14H11ClFNO3S. The average molecular weight is 328 g/mol. The topological polar surface area (TPSA) is 63.2 Å². The molecule has 2 rings (SSSR count). The van der Waals surface area contributed by atoms with Gasteiger partial charge in [-0.15, -0.1) is 0 Å². The van der Waals surface area contributed by atoms with Crippen LogP contribution < -0.4 is 5.32 Å². The predicted octanol–water partition coefficient (Wildman–Crippen LogP) is 3.31. The summed E-state index contributed by atoms with van der Waals surface area (Å²) in [5, 5.41) is 2.56. The van der Waals surface area contributed by atoms with E-state index in [0.29, 0.717) is 11.3 Å². The number of amides is 1. The molecule has 0 radical (unpaired) electrons. The van der Waals surface area contributed by atoms with Crippen LogP contribution in [0.15, 0.2) is 47.4 Å². The van der Waals surface area contributed by atoms with Gasteiger partial charge < -0.3 is 5.32 Å². The Bertz CT molecular complexity index is 788. The molecule has 2 aromatic carbocycles. The van der Waals surface area contributed by atoms with Crippen molar-refractivity contribution in [1.82, 2.24) is 0 Å². The molecule has 0 unspecified atom stereocenters. The van der Waals surface area contributed by atoms with Gasteiger partial charge in [0.15, 0.2) is 0 Å². The summed E-state index contributed by atoms with van der Waals surface area (Å²) in [6.07, 6.45) is 0. The van der Waals surface area contributed by atoms with Crippen molar-refractivity contribution in [2.45, 2.75) is 11.8 Å². The molecule has 21 heavy (non-hydrogen) atoms. The van der Waals surface area contributed by atoms with Gasteiger partial charge in [0, 0.05) is 21.9 Å². The van der Waals surface area contributed by atoms with Crippen LogP contribution in [0.25, 0.3) is 0 Å². The lowest BCUT2D eigenvalue weighted by Gasteiger charge is -2.08. The van der Waals surface area contributed by atoms with E-state index in [2.05, 4.69) is 5.32 Å².